The standard InChI is InChI=1S/C18H24N2O7/c1-18(2,3)27-17(23)13-6-4-5-9-19(13)12-7-8-15(26-11-16(21)22)14(10-12)20(24)25/h7-8,10,13H,4-6,9,11H2,1-3H3,(H,21,22). The molecule has 148 valence electrons. The zero-order chi connectivity index (χ0) is 20.2. The monoisotopic (exact) mass is 380 g/mol. The summed E-state index contributed by atoms with van der Waals surface area (Å²) in [6.07, 6.45) is 2.31. The third-order valence-corrected chi connectivity index (χ3v) is 4.00. The Labute approximate surface area is 157 Å². The van der Waals surface area contributed by atoms with Crippen LogP contribution in [-0.2, 0) is 14.3 Å². The van der Waals surface area contributed by atoms with Gasteiger partial charge >= 0.3 is 17.6 Å². The number of carbonyl (C=O) groups excluding carboxylic acids is 1. The number of benzene rings is 1. The molecule has 1 aliphatic rings. The number of carboxylic acids is 1. The number of carboxylic acid groups (broad SMARTS) is 1. The Bertz CT molecular complexity index is 727. The number of hydrogen-bond acceptors (Lipinski definition) is 7. The highest BCUT2D eigenvalue weighted by Gasteiger charge is 2.33. The molecule has 2 rings (SSSR count). The minimum absolute atomic E-state index is 0.128. The van der Waals surface area contributed by atoms with E-state index in [2.05, 4.69) is 0 Å². The third kappa shape index (κ3) is 5.57. The Kier molecular flexibility index (Phi) is 6.24. The average molecular weight is 380 g/mol. The van der Waals surface area contributed by atoms with Crippen LogP contribution < -0.4 is 9.64 Å². The normalized spacial score (nSPS) is 17.3. The fraction of sp³-hybridized carbons (Fsp3) is 0.556. The average Bonchev–Trinajstić information content (AvgIpc) is 2.58. The van der Waals surface area contributed by atoms with Gasteiger partial charge in [-0.05, 0) is 52.2 Å². The highest BCUT2D eigenvalue weighted by molar-refractivity contribution is 5.81. The summed E-state index contributed by atoms with van der Waals surface area (Å²) in [7, 11) is 0. The van der Waals surface area contributed by atoms with E-state index in [0.29, 0.717) is 18.7 Å². The van der Waals surface area contributed by atoms with E-state index in [0.717, 1.165) is 12.8 Å². The summed E-state index contributed by atoms with van der Waals surface area (Å²) in [6, 6.07) is 3.73. The third-order valence-electron chi connectivity index (χ3n) is 4.00. The summed E-state index contributed by atoms with van der Waals surface area (Å²) in [4.78, 5) is 35.8. The molecule has 1 aromatic carbocycles. The predicted octanol–water partition coefficient (Wildman–Crippen LogP) is 2.76. The van der Waals surface area contributed by atoms with Gasteiger partial charge in [0, 0.05) is 18.3 Å². The number of nitro benzene ring substituents is 1. The van der Waals surface area contributed by atoms with E-state index < -0.39 is 29.1 Å². The minimum Gasteiger partial charge on any atom is -0.479 e. The van der Waals surface area contributed by atoms with Crippen molar-refractivity contribution < 1.29 is 29.1 Å². The van der Waals surface area contributed by atoms with E-state index in [-0.39, 0.29) is 17.4 Å². The summed E-state index contributed by atoms with van der Waals surface area (Å²) < 4.78 is 10.5. The molecule has 0 spiro atoms. The second-order valence-corrected chi connectivity index (χ2v) is 7.33. The molecule has 1 unspecified atom stereocenters. The van der Waals surface area contributed by atoms with Crippen LogP contribution in [0, 0.1) is 10.1 Å². The number of piperidine rings is 1. The fourth-order valence-electron chi connectivity index (χ4n) is 2.94. The number of ether oxygens (including phenoxy) is 2. The first-order valence-corrected chi connectivity index (χ1v) is 8.71. The lowest BCUT2D eigenvalue weighted by molar-refractivity contribution is -0.385. The van der Waals surface area contributed by atoms with E-state index in [9.17, 15) is 19.7 Å². The number of anilines is 1. The molecule has 9 heteroatoms. The van der Waals surface area contributed by atoms with Crippen LogP contribution in [0.4, 0.5) is 11.4 Å². The number of hydrogen-bond donors (Lipinski definition) is 1. The van der Waals surface area contributed by atoms with Gasteiger partial charge in [-0.15, -0.1) is 0 Å². The highest BCUT2D eigenvalue weighted by atomic mass is 16.6. The quantitative estimate of drug-likeness (QED) is 0.454. The predicted molar refractivity (Wildman–Crippen MR) is 97.1 cm³/mol. The van der Waals surface area contributed by atoms with Gasteiger partial charge in [-0.1, -0.05) is 0 Å². The van der Waals surface area contributed by atoms with E-state index >= 15 is 0 Å². The molecule has 0 saturated carbocycles. The van der Waals surface area contributed by atoms with Gasteiger partial charge in [0.2, 0.25) is 0 Å². The largest absolute Gasteiger partial charge is 0.479 e. The van der Waals surface area contributed by atoms with E-state index in [1.54, 1.807) is 31.7 Å². The van der Waals surface area contributed by atoms with Gasteiger partial charge in [0.1, 0.15) is 11.6 Å². The van der Waals surface area contributed by atoms with Crippen molar-refractivity contribution in [1.82, 2.24) is 0 Å². The Balaban J connectivity index is 2.30. The number of aliphatic carboxylic acids is 1. The molecular weight excluding hydrogens is 356 g/mol. The molecule has 0 aromatic heterocycles. The first-order chi connectivity index (χ1) is 12.6. The zero-order valence-electron chi connectivity index (χ0n) is 15.6. The van der Waals surface area contributed by atoms with E-state index in [1.807, 2.05) is 0 Å². The highest BCUT2D eigenvalue weighted by Crippen LogP contribution is 2.34. The maximum Gasteiger partial charge on any atom is 0.341 e. The van der Waals surface area contributed by atoms with Gasteiger partial charge in [0.25, 0.3) is 0 Å². The zero-order valence-corrected chi connectivity index (χ0v) is 15.6. The van der Waals surface area contributed by atoms with Crippen molar-refractivity contribution in [1.29, 1.82) is 0 Å². The second kappa shape index (κ2) is 8.24. The molecule has 0 aliphatic carbocycles. The Morgan fingerprint density at radius 1 is 1.33 bits per heavy atom. The van der Waals surface area contributed by atoms with Crippen molar-refractivity contribution in [3.8, 4) is 5.75 Å². The number of nitro groups is 1. The molecule has 1 aliphatic heterocycles. The van der Waals surface area contributed by atoms with Crippen LogP contribution in [0.15, 0.2) is 18.2 Å². The summed E-state index contributed by atoms with van der Waals surface area (Å²) in [6.45, 7) is 5.26. The topological polar surface area (TPSA) is 119 Å². The SMILES string of the molecule is CC(C)(C)OC(=O)C1CCCCN1c1ccc(OCC(=O)O)c([N+](=O)[O-])c1. The fourth-order valence-corrected chi connectivity index (χ4v) is 2.94. The minimum atomic E-state index is -1.23. The van der Waals surface area contributed by atoms with Gasteiger partial charge in [-0.25, -0.2) is 9.59 Å². The maximum absolute atomic E-state index is 12.6. The van der Waals surface area contributed by atoms with E-state index in [1.165, 1.54) is 12.1 Å². The molecule has 1 aromatic rings. The maximum atomic E-state index is 12.6. The van der Waals surface area contributed by atoms with E-state index in [4.69, 9.17) is 14.6 Å². The number of esters is 1. The first kappa shape index (κ1) is 20.5. The van der Waals surface area contributed by atoms with Crippen LogP contribution in [0.3, 0.4) is 0 Å². The van der Waals surface area contributed by atoms with Crippen molar-refractivity contribution in [2.45, 2.75) is 51.7 Å². The Morgan fingerprint density at radius 3 is 2.63 bits per heavy atom. The second-order valence-electron chi connectivity index (χ2n) is 7.33. The summed E-state index contributed by atoms with van der Waals surface area (Å²) >= 11 is 0. The van der Waals surface area contributed by atoms with Gasteiger partial charge in [0.15, 0.2) is 12.4 Å². The molecule has 27 heavy (non-hydrogen) atoms. The molecule has 1 N–H and O–H groups in total. The van der Waals surface area contributed by atoms with Crippen molar-refractivity contribution in [2.24, 2.45) is 0 Å². The molecule has 1 heterocycles. The lowest BCUT2D eigenvalue weighted by Gasteiger charge is -2.37. The summed E-state index contributed by atoms with van der Waals surface area (Å²) in [5.41, 5.74) is -0.469. The molecule has 9 nitrogen and oxygen atoms in total. The van der Waals surface area contributed by atoms with Gasteiger partial charge < -0.3 is 19.5 Å². The molecule has 0 radical (unpaired) electrons. The van der Waals surface area contributed by atoms with Crippen LogP contribution in [0.1, 0.15) is 40.0 Å². The Morgan fingerprint density at radius 2 is 2.04 bits per heavy atom. The lowest BCUT2D eigenvalue weighted by atomic mass is 10.0. The van der Waals surface area contributed by atoms with Crippen molar-refractivity contribution >= 4 is 23.3 Å². The van der Waals surface area contributed by atoms with Crippen LogP contribution >= 0.6 is 0 Å². The lowest BCUT2D eigenvalue weighted by Crippen LogP contribution is -2.47. The summed E-state index contributed by atoms with van der Waals surface area (Å²) in [5, 5.41) is 20.1. The molecule has 0 amide bonds. The van der Waals surface area contributed by atoms with Crippen LogP contribution in [0.25, 0.3) is 0 Å². The Hall–Kier alpha value is -2.84. The first-order valence-electron chi connectivity index (χ1n) is 8.71. The van der Waals surface area contributed by atoms with Crippen LogP contribution in [-0.4, -0.2) is 46.8 Å². The molecule has 1 atom stereocenters. The number of rotatable bonds is 6. The number of carbonyl (C=O) groups is 2. The van der Waals surface area contributed by atoms with Crippen molar-refractivity contribution in [3.63, 3.8) is 0 Å². The van der Waals surface area contributed by atoms with Crippen molar-refractivity contribution in [3.05, 3.63) is 28.3 Å². The van der Waals surface area contributed by atoms with Gasteiger partial charge in [-0.3, -0.25) is 10.1 Å². The van der Waals surface area contributed by atoms with Crippen molar-refractivity contribution in [2.75, 3.05) is 18.1 Å². The van der Waals surface area contributed by atoms with Crippen LogP contribution in [0.2, 0.25) is 0 Å². The van der Waals surface area contributed by atoms with Crippen LogP contribution in [0.5, 0.6) is 5.75 Å². The molecule has 0 bridgehead atoms. The smallest absolute Gasteiger partial charge is 0.341 e. The molecule has 1 fully saturated rings. The molecule has 1 saturated heterocycles. The van der Waals surface area contributed by atoms with Gasteiger partial charge in [0.05, 0.1) is 4.92 Å². The summed E-state index contributed by atoms with van der Waals surface area (Å²) in [5.74, 6) is -1.72. The number of nitrogens with zero attached hydrogens (tertiary/aromatic N) is 2. The van der Waals surface area contributed by atoms with Gasteiger partial charge in [-0.2, -0.15) is 0 Å². The molecular formula is C18H24N2O7.